The van der Waals surface area contributed by atoms with Crippen molar-refractivity contribution >= 4 is 5.97 Å². The molecule has 140 valence electrons. The maximum absolute atomic E-state index is 11.9. The van der Waals surface area contributed by atoms with Gasteiger partial charge in [-0.05, 0) is 61.7 Å². The normalized spacial score (nSPS) is 53.0. The Labute approximate surface area is 152 Å². The summed E-state index contributed by atoms with van der Waals surface area (Å²) in [7, 11) is 0. The molecule has 0 aromatic heterocycles. The Morgan fingerprint density at radius 1 is 1.16 bits per heavy atom. The highest BCUT2D eigenvalue weighted by Crippen LogP contribution is 2.71. The Bertz CT molecular complexity index is 619. The smallest absolute Gasteiger partial charge is 0.302 e. The van der Waals surface area contributed by atoms with Crippen molar-refractivity contribution in [1.82, 2.24) is 0 Å². The molecule has 0 heterocycles. The Balaban J connectivity index is 1.83. The number of hydrogen-bond donors (Lipinski definition) is 1. The first-order valence-corrected chi connectivity index (χ1v) is 10.1. The number of rotatable bonds is 1. The molecule has 0 aromatic rings. The average Bonchev–Trinajstić information content (AvgIpc) is 2.67. The number of carbonyl (C=O) groups excluding carboxylic acids is 1. The molecule has 3 heteroatoms. The van der Waals surface area contributed by atoms with Crippen molar-refractivity contribution in [3.63, 3.8) is 0 Å². The van der Waals surface area contributed by atoms with Gasteiger partial charge >= 0.3 is 5.97 Å². The Morgan fingerprint density at radius 3 is 2.56 bits per heavy atom. The molecule has 4 aliphatic rings. The number of allylic oxidation sites excluding steroid dienone is 1. The summed E-state index contributed by atoms with van der Waals surface area (Å²) >= 11 is 0. The maximum atomic E-state index is 11.9. The van der Waals surface area contributed by atoms with Crippen molar-refractivity contribution in [2.75, 3.05) is 0 Å². The van der Waals surface area contributed by atoms with Gasteiger partial charge in [0.1, 0.15) is 6.10 Å². The van der Waals surface area contributed by atoms with E-state index in [1.807, 2.05) is 6.92 Å². The third kappa shape index (κ3) is 2.30. The minimum absolute atomic E-state index is 0.0631. The average molecular weight is 347 g/mol. The summed E-state index contributed by atoms with van der Waals surface area (Å²) in [5, 5.41) is 11.0. The van der Waals surface area contributed by atoms with E-state index in [-0.39, 0.29) is 34.2 Å². The molecule has 0 radical (unpaired) electrons. The van der Waals surface area contributed by atoms with Crippen LogP contribution in [0.3, 0.4) is 0 Å². The fourth-order valence-corrected chi connectivity index (χ4v) is 7.71. The van der Waals surface area contributed by atoms with E-state index in [1.165, 1.54) is 26.2 Å². The molecule has 0 unspecified atom stereocenters. The van der Waals surface area contributed by atoms with Crippen molar-refractivity contribution in [3.05, 3.63) is 12.2 Å². The first-order valence-electron chi connectivity index (χ1n) is 10.1. The molecule has 7 atom stereocenters. The zero-order valence-electron chi connectivity index (χ0n) is 16.5. The lowest BCUT2D eigenvalue weighted by molar-refractivity contribution is -0.199. The Kier molecular flexibility index (Phi) is 3.60. The van der Waals surface area contributed by atoms with E-state index in [4.69, 9.17) is 4.74 Å². The number of fused-ring (bicyclic) bond motifs is 3. The van der Waals surface area contributed by atoms with E-state index in [1.54, 1.807) is 0 Å². The van der Waals surface area contributed by atoms with E-state index in [0.717, 1.165) is 19.3 Å². The third-order valence-corrected chi connectivity index (χ3v) is 8.63. The number of ether oxygens (including phenoxy) is 1. The Hall–Kier alpha value is -0.830. The molecule has 0 aromatic carbocycles. The van der Waals surface area contributed by atoms with Crippen molar-refractivity contribution in [1.29, 1.82) is 0 Å². The van der Waals surface area contributed by atoms with Crippen molar-refractivity contribution in [2.45, 2.75) is 84.8 Å². The quantitative estimate of drug-likeness (QED) is 0.562. The zero-order chi connectivity index (χ0) is 18.3. The first kappa shape index (κ1) is 17.6. The summed E-state index contributed by atoms with van der Waals surface area (Å²) in [6.45, 7) is 10.8. The van der Waals surface area contributed by atoms with E-state index >= 15 is 0 Å². The molecule has 2 bridgehead atoms. The zero-order valence-corrected chi connectivity index (χ0v) is 16.5. The van der Waals surface area contributed by atoms with Crippen LogP contribution in [0.5, 0.6) is 0 Å². The number of hydrogen-bond acceptors (Lipinski definition) is 3. The first-order chi connectivity index (χ1) is 11.5. The second-order valence-corrected chi connectivity index (χ2v) is 10.7. The SMILES string of the molecule is CC(=O)O[C@H]1C[C@@H]2C(C)(C)CCC[C@@]2(C)[C@@H]2C=C[C@@H]3C[C@]12C[C@@]3(C)O. The van der Waals surface area contributed by atoms with Crippen LogP contribution in [0.15, 0.2) is 12.2 Å². The van der Waals surface area contributed by atoms with Gasteiger partial charge in [-0.15, -0.1) is 0 Å². The predicted molar refractivity (Wildman–Crippen MR) is 97.8 cm³/mol. The van der Waals surface area contributed by atoms with E-state index in [9.17, 15) is 9.90 Å². The summed E-state index contributed by atoms with van der Waals surface area (Å²) in [4.78, 5) is 11.9. The fraction of sp³-hybridized carbons (Fsp3) is 0.864. The van der Waals surface area contributed by atoms with Crippen molar-refractivity contribution < 1.29 is 14.6 Å². The largest absolute Gasteiger partial charge is 0.462 e. The molecule has 4 rings (SSSR count). The molecule has 4 aliphatic carbocycles. The molecular formula is C22H34O3. The number of aliphatic hydroxyl groups is 1. The van der Waals surface area contributed by atoms with Crippen LogP contribution in [0.4, 0.5) is 0 Å². The Morgan fingerprint density at radius 2 is 1.88 bits per heavy atom. The van der Waals surface area contributed by atoms with Gasteiger partial charge in [-0.25, -0.2) is 0 Å². The van der Waals surface area contributed by atoms with Crippen LogP contribution in [0.1, 0.15) is 73.1 Å². The lowest BCUT2D eigenvalue weighted by Gasteiger charge is -2.64. The van der Waals surface area contributed by atoms with Gasteiger partial charge in [0.2, 0.25) is 0 Å². The highest BCUT2D eigenvalue weighted by atomic mass is 16.5. The standard InChI is InChI=1S/C22H34O3/c1-14(23)25-18-11-17-19(2,3)9-6-10-20(17,4)16-8-7-15-12-22(16,18)13-21(15,5)24/h7-8,15-18,24H,6,9-13H2,1-5H3/t15-,16+,17-,18+,20+,21-,22-/m1/s1. The van der Waals surface area contributed by atoms with Crippen LogP contribution in [-0.4, -0.2) is 22.8 Å². The summed E-state index contributed by atoms with van der Waals surface area (Å²) in [6, 6.07) is 0. The van der Waals surface area contributed by atoms with Gasteiger partial charge in [-0.2, -0.15) is 0 Å². The van der Waals surface area contributed by atoms with Crippen LogP contribution in [-0.2, 0) is 9.53 Å². The van der Waals surface area contributed by atoms with Gasteiger partial charge in [-0.1, -0.05) is 39.3 Å². The molecule has 1 N–H and O–H groups in total. The maximum Gasteiger partial charge on any atom is 0.302 e. The number of esters is 1. The van der Waals surface area contributed by atoms with Crippen LogP contribution in [0, 0.1) is 34.0 Å². The van der Waals surface area contributed by atoms with E-state index in [0.29, 0.717) is 11.8 Å². The van der Waals surface area contributed by atoms with Gasteiger partial charge in [0.05, 0.1) is 5.60 Å². The minimum Gasteiger partial charge on any atom is -0.462 e. The summed E-state index contributed by atoms with van der Waals surface area (Å²) in [5.41, 5.74) is -0.261. The third-order valence-electron chi connectivity index (χ3n) is 8.63. The second-order valence-electron chi connectivity index (χ2n) is 10.7. The highest BCUT2D eigenvalue weighted by molar-refractivity contribution is 5.66. The number of carbonyl (C=O) groups is 1. The summed E-state index contributed by atoms with van der Waals surface area (Å²) in [6.07, 6.45) is 11.1. The van der Waals surface area contributed by atoms with Crippen molar-refractivity contribution in [2.24, 2.45) is 34.0 Å². The van der Waals surface area contributed by atoms with Gasteiger partial charge in [-0.3, -0.25) is 4.79 Å². The van der Waals surface area contributed by atoms with Crippen LogP contribution in [0.2, 0.25) is 0 Å². The molecule has 0 saturated heterocycles. The molecule has 3 fully saturated rings. The molecule has 25 heavy (non-hydrogen) atoms. The van der Waals surface area contributed by atoms with Gasteiger partial charge in [0.25, 0.3) is 0 Å². The summed E-state index contributed by atoms with van der Waals surface area (Å²) < 4.78 is 5.98. The molecule has 3 nitrogen and oxygen atoms in total. The predicted octanol–water partition coefficient (Wildman–Crippen LogP) is 4.49. The van der Waals surface area contributed by atoms with Gasteiger partial charge < -0.3 is 9.84 Å². The van der Waals surface area contributed by atoms with Gasteiger partial charge in [0.15, 0.2) is 0 Å². The van der Waals surface area contributed by atoms with Crippen LogP contribution in [0.25, 0.3) is 0 Å². The molecule has 0 aliphatic heterocycles. The second kappa shape index (κ2) is 5.12. The fourth-order valence-electron chi connectivity index (χ4n) is 7.71. The van der Waals surface area contributed by atoms with E-state index < -0.39 is 5.60 Å². The lowest BCUT2D eigenvalue weighted by atomic mass is 9.41. The minimum atomic E-state index is -0.684. The topological polar surface area (TPSA) is 46.5 Å². The monoisotopic (exact) mass is 346 g/mol. The molecule has 0 amide bonds. The van der Waals surface area contributed by atoms with Crippen LogP contribution >= 0.6 is 0 Å². The molecule has 3 saturated carbocycles. The van der Waals surface area contributed by atoms with Crippen molar-refractivity contribution in [3.8, 4) is 0 Å². The summed E-state index contributed by atoms with van der Waals surface area (Å²) in [5.74, 6) is 0.972. The van der Waals surface area contributed by atoms with Crippen LogP contribution < -0.4 is 0 Å². The van der Waals surface area contributed by atoms with E-state index in [2.05, 4.69) is 32.9 Å². The highest BCUT2D eigenvalue weighted by Gasteiger charge is 2.69. The molecule has 1 spiro atoms. The lowest BCUT2D eigenvalue weighted by Crippen LogP contribution is -2.61. The van der Waals surface area contributed by atoms with Gasteiger partial charge in [0, 0.05) is 18.3 Å². The molecular weight excluding hydrogens is 312 g/mol.